The number of rotatable bonds is 16. The lowest BCUT2D eigenvalue weighted by molar-refractivity contribution is -0.345. The molecule has 6 bridgehead atoms. The van der Waals surface area contributed by atoms with Crippen molar-refractivity contribution in [2.75, 3.05) is 22.9 Å². The van der Waals surface area contributed by atoms with E-state index in [0.717, 1.165) is 130 Å². The van der Waals surface area contributed by atoms with Crippen LogP contribution in [0.4, 0.5) is 11.9 Å². The number of aromatic nitrogens is 3. The topological polar surface area (TPSA) is 79.3 Å². The number of halogens is 2. The van der Waals surface area contributed by atoms with E-state index in [1.54, 1.807) is 0 Å². The van der Waals surface area contributed by atoms with Gasteiger partial charge in [-0.05, 0) is 186 Å². The largest absolute Gasteiger partial charge is 0.422 e. The Labute approximate surface area is 418 Å². The van der Waals surface area contributed by atoms with Crippen molar-refractivity contribution in [1.82, 2.24) is 25.1 Å². The summed E-state index contributed by atoms with van der Waals surface area (Å²) in [6.45, 7) is 30.4. The third-order valence-electron chi connectivity index (χ3n) is 16.9. The number of hydrogen-bond donors (Lipinski definition) is 0. The summed E-state index contributed by atoms with van der Waals surface area (Å²) in [7, 11) is 0. The first-order chi connectivity index (χ1) is 31.3. The lowest BCUT2D eigenvalue weighted by Crippen LogP contribution is -2.72. The van der Waals surface area contributed by atoms with Crippen LogP contribution in [0.2, 0.25) is 0 Å². The number of fused-ring (bicyclic) bond motifs is 6. The van der Waals surface area contributed by atoms with Crippen molar-refractivity contribution in [3.63, 3.8) is 0 Å². The SMILES string of the molecule is CCCCN1c2nc(Oc3c(Br)cc(C(CC)(CC)C(C)C)cc3Br)nc(n2)N(CCCC)C2CC(C)(C)N(OC3CCCCC3)C(C)(C2)CC2(C)CC1CC(C)(C)N2OC1CCCCC1. The fourth-order valence-corrected chi connectivity index (χ4v) is 15.2. The number of nitrogens with zero attached hydrogens (tertiary/aromatic N) is 7. The Morgan fingerprint density at radius 2 is 1.06 bits per heavy atom. The third kappa shape index (κ3) is 11.0. The second kappa shape index (κ2) is 21.4. The van der Waals surface area contributed by atoms with E-state index in [2.05, 4.69) is 147 Å². The second-order valence-corrected chi connectivity index (χ2v) is 25.1. The first-order valence-electron chi connectivity index (χ1n) is 26.7. The maximum Gasteiger partial charge on any atom is 0.328 e. The lowest BCUT2D eigenvalue weighted by Gasteiger charge is -2.63. The van der Waals surface area contributed by atoms with Crippen LogP contribution in [0.25, 0.3) is 0 Å². The quantitative estimate of drug-likeness (QED) is 0.162. The lowest BCUT2D eigenvalue weighted by atomic mass is 9.67. The second-order valence-electron chi connectivity index (χ2n) is 23.4. The summed E-state index contributed by atoms with van der Waals surface area (Å²) < 4.78 is 8.78. The molecule has 4 heterocycles. The van der Waals surface area contributed by atoms with Gasteiger partial charge in [0, 0.05) is 47.3 Å². The van der Waals surface area contributed by atoms with Crippen molar-refractivity contribution >= 4 is 43.8 Å². The van der Waals surface area contributed by atoms with Crippen molar-refractivity contribution < 1.29 is 14.4 Å². The Kier molecular flexibility index (Phi) is 17.0. The highest BCUT2D eigenvalue weighted by Gasteiger charge is 2.59. The highest BCUT2D eigenvalue weighted by Crippen LogP contribution is 2.53. The molecule has 10 nitrogen and oxygen atoms in total. The van der Waals surface area contributed by atoms with Crippen molar-refractivity contribution in [1.29, 1.82) is 0 Å². The minimum Gasteiger partial charge on any atom is -0.422 e. The molecular weight excluding hydrogens is 954 g/mol. The molecule has 2 saturated heterocycles. The Morgan fingerprint density at radius 3 is 1.44 bits per heavy atom. The van der Waals surface area contributed by atoms with Crippen LogP contribution >= 0.6 is 31.9 Å². The van der Waals surface area contributed by atoms with Crippen LogP contribution in [0, 0.1) is 5.92 Å². The van der Waals surface area contributed by atoms with Crippen LogP contribution in [0.3, 0.4) is 0 Å². The van der Waals surface area contributed by atoms with E-state index in [1.165, 1.54) is 44.1 Å². The molecule has 4 unspecified atom stereocenters. The Balaban J connectivity index is 1.41. The number of benzene rings is 1. The Morgan fingerprint density at radius 1 is 0.636 bits per heavy atom. The van der Waals surface area contributed by atoms with Crippen LogP contribution < -0.4 is 14.5 Å². The number of unbranched alkanes of at least 4 members (excludes halogenated alkanes) is 2. The van der Waals surface area contributed by atoms with Crippen LogP contribution in [-0.4, -0.2) is 84.6 Å². The molecule has 2 saturated carbocycles. The average Bonchev–Trinajstić information content (AvgIpc) is 3.26. The van der Waals surface area contributed by atoms with Crippen molar-refractivity contribution in [2.24, 2.45) is 5.92 Å². The van der Waals surface area contributed by atoms with E-state index in [0.29, 0.717) is 17.7 Å². The van der Waals surface area contributed by atoms with E-state index < -0.39 is 0 Å². The number of hydrogen-bond acceptors (Lipinski definition) is 10. The molecule has 5 aliphatic rings. The maximum absolute atomic E-state index is 7.45. The van der Waals surface area contributed by atoms with E-state index in [-0.39, 0.29) is 51.9 Å². The Bertz CT molecular complexity index is 1800. The molecule has 7 rings (SSSR count). The molecule has 2 aliphatic carbocycles. The highest BCUT2D eigenvalue weighted by molar-refractivity contribution is 9.11. The smallest absolute Gasteiger partial charge is 0.328 e. The minimum absolute atomic E-state index is 0.0558. The van der Waals surface area contributed by atoms with E-state index >= 15 is 0 Å². The van der Waals surface area contributed by atoms with E-state index in [9.17, 15) is 0 Å². The molecule has 0 N–H and O–H groups in total. The molecule has 0 radical (unpaired) electrons. The minimum atomic E-state index is -0.322. The van der Waals surface area contributed by atoms with Gasteiger partial charge in [-0.25, -0.2) is 0 Å². The fraction of sp³-hybridized carbons (Fsp3) is 0.833. The van der Waals surface area contributed by atoms with Gasteiger partial charge in [-0.15, -0.1) is 0 Å². The van der Waals surface area contributed by atoms with Crippen molar-refractivity contribution in [3.8, 4) is 11.8 Å². The maximum atomic E-state index is 7.45. The van der Waals surface area contributed by atoms with Crippen molar-refractivity contribution in [3.05, 3.63) is 26.6 Å². The monoisotopic (exact) mass is 1040 g/mol. The molecule has 1 aromatic heterocycles. The van der Waals surface area contributed by atoms with E-state index in [4.69, 9.17) is 29.4 Å². The van der Waals surface area contributed by atoms with Gasteiger partial charge in [0.2, 0.25) is 11.9 Å². The highest BCUT2D eigenvalue weighted by atomic mass is 79.9. The summed E-state index contributed by atoms with van der Waals surface area (Å²) in [6.07, 6.45) is 23.6. The summed E-state index contributed by atoms with van der Waals surface area (Å²) in [6, 6.07) is 5.18. The van der Waals surface area contributed by atoms with E-state index in [1.807, 2.05) is 0 Å². The average molecular weight is 1040 g/mol. The first kappa shape index (κ1) is 52.3. The molecule has 1 aromatic carbocycles. The predicted molar refractivity (Wildman–Crippen MR) is 279 cm³/mol. The van der Waals surface area contributed by atoms with Gasteiger partial charge < -0.3 is 14.5 Å². The zero-order valence-electron chi connectivity index (χ0n) is 43.4. The first-order valence-corrected chi connectivity index (χ1v) is 28.3. The molecule has 0 amide bonds. The molecule has 372 valence electrons. The zero-order chi connectivity index (χ0) is 47.7. The fourth-order valence-electron chi connectivity index (χ4n) is 13.9. The third-order valence-corrected chi connectivity index (χ3v) is 18.1. The normalized spacial score (nSPS) is 28.0. The van der Waals surface area contributed by atoms with Crippen LogP contribution in [0.15, 0.2) is 21.1 Å². The number of piperidine rings is 2. The summed E-state index contributed by atoms with van der Waals surface area (Å²) in [5.41, 5.74) is 0.196. The van der Waals surface area contributed by atoms with Gasteiger partial charge in [-0.1, -0.05) is 92.9 Å². The summed E-state index contributed by atoms with van der Waals surface area (Å²) in [5, 5.41) is 5.06. The van der Waals surface area contributed by atoms with Crippen LogP contribution in [0.5, 0.6) is 11.8 Å². The van der Waals surface area contributed by atoms with Gasteiger partial charge >= 0.3 is 6.01 Å². The Hall–Kier alpha value is -1.57. The van der Waals surface area contributed by atoms with Crippen LogP contribution in [-0.2, 0) is 15.1 Å². The van der Waals surface area contributed by atoms with Gasteiger partial charge in [-0.3, -0.25) is 9.68 Å². The standard InChI is InChI=1S/C54H89Br2N7O3/c1-13-17-29-60-40-33-50(7,8)62(65-42-25-21-19-22-26-42)52(11,35-40)37-53(12)36-41(34-51(9,10)63(53)66-43-27-23-20-24-28-43)61(30-18-14-2)48-57-47(60)58-49(59-48)64-46-44(55)31-39(32-45(46)56)54(15-3,16-4)38(5)6/h31-32,38,40-43H,13-30,33-37H2,1-12H3. The van der Waals surface area contributed by atoms with Gasteiger partial charge in [-0.2, -0.15) is 25.1 Å². The van der Waals surface area contributed by atoms with Crippen molar-refractivity contribution in [2.45, 2.75) is 270 Å². The number of ether oxygens (including phenoxy) is 1. The summed E-state index contributed by atoms with van der Waals surface area (Å²) >= 11 is 7.99. The van der Waals surface area contributed by atoms with Crippen LogP contribution in [0.1, 0.15) is 223 Å². The van der Waals surface area contributed by atoms with Gasteiger partial charge in [0.15, 0.2) is 5.75 Å². The molecule has 66 heavy (non-hydrogen) atoms. The molecule has 4 atom stereocenters. The number of anilines is 2. The predicted octanol–water partition coefficient (Wildman–Crippen LogP) is 15.1. The molecule has 12 heteroatoms. The summed E-state index contributed by atoms with van der Waals surface area (Å²) in [4.78, 5) is 36.3. The molecule has 4 fully saturated rings. The van der Waals surface area contributed by atoms with Gasteiger partial charge in [0.25, 0.3) is 0 Å². The summed E-state index contributed by atoms with van der Waals surface area (Å²) in [5.74, 6) is 2.61. The molecule has 2 aromatic rings. The van der Waals surface area contributed by atoms with Gasteiger partial charge in [0.1, 0.15) is 0 Å². The zero-order valence-corrected chi connectivity index (χ0v) is 46.6. The molecule has 0 spiro atoms. The number of hydroxylamine groups is 4. The molecular formula is C54H89Br2N7O3. The molecule has 3 aliphatic heterocycles. The van der Waals surface area contributed by atoms with Gasteiger partial charge in [0.05, 0.1) is 21.2 Å².